The minimum absolute atomic E-state index is 0.725. The van der Waals surface area contributed by atoms with E-state index in [4.69, 9.17) is 4.42 Å². The summed E-state index contributed by atoms with van der Waals surface area (Å²) in [5, 5.41) is 3.15. The summed E-state index contributed by atoms with van der Waals surface area (Å²) >= 11 is 0. The summed E-state index contributed by atoms with van der Waals surface area (Å²) in [6.07, 6.45) is 2.66. The van der Waals surface area contributed by atoms with Crippen LogP contribution in [0.1, 0.15) is 43.8 Å². The molecule has 1 unspecified atom stereocenters. The lowest BCUT2D eigenvalue weighted by Crippen LogP contribution is -2.32. The summed E-state index contributed by atoms with van der Waals surface area (Å²) in [6.45, 7) is 9.77. The number of aryl methyl sites for hydroxylation is 1. The summed E-state index contributed by atoms with van der Waals surface area (Å²) < 4.78 is 5.94. The van der Waals surface area contributed by atoms with Crippen LogP contribution in [0.5, 0.6) is 0 Å². The van der Waals surface area contributed by atoms with E-state index in [0.29, 0.717) is 0 Å². The van der Waals surface area contributed by atoms with Crippen LogP contribution < -0.4 is 5.32 Å². The van der Waals surface area contributed by atoms with Gasteiger partial charge in [-0.1, -0.05) is 13.8 Å². The van der Waals surface area contributed by atoms with Gasteiger partial charge in [0, 0.05) is 6.04 Å². The second-order valence-corrected chi connectivity index (χ2v) is 5.77. The van der Waals surface area contributed by atoms with Crippen LogP contribution in [0.4, 0.5) is 0 Å². The summed E-state index contributed by atoms with van der Waals surface area (Å²) in [5.41, 5.74) is 1.26. The van der Waals surface area contributed by atoms with Crippen molar-refractivity contribution in [2.75, 3.05) is 13.6 Å². The normalized spacial score (nSPS) is 21.1. The van der Waals surface area contributed by atoms with Crippen molar-refractivity contribution in [1.29, 1.82) is 0 Å². The predicted octanol–water partition coefficient (Wildman–Crippen LogP) is 2.93. The van der Waals surface area contributed by atoms with Gasteiger partial charge in [-0.2, -0.15) is 0 Å². The molecular formula is C15H26N2O. The lowest BCUT2D eigenvalue weighted by atomic mass is 10.0. The van der Waals surface area contributed by atoms with Crippen LogP contribution in [0.3, 0.4) is 0 Å². The predicted molar refractivity (Wildman–Crippen MR) is 74.5 cm³/mol. The van der Waals surface area contributed by atoms with E-state index in [1.807, 2.05) is 7.05 Å². The average molecular weight is 250 g/mol. The van der Waals surface area contributed by atoms with Gasteiger partial charge < -0.3 is 9.73 Å². The van der Waals surface area contributed by atoms with Crippen LogP contribution in [0.2, 0.25) is 0 Å². The van der Waals surface area contributed by atoms with E-state index in [1.165, 1.54) is 24.9 Å². The van der Waals surface area contributed by atoms with Crippen molar-refractivity contribution < 1.29 is 4.42 Å². The highest BCUT2D eigenvalue weighted by Crippen LogP contribution is 2.26. The van der Waals surface area contributed by atoms with E-state index >= 15 is 0 Å². The van der Waals surface area contributed by atoms with E-state index in [1.54, 1.807) is 0 Å². The molecule has 0 spiro atoms. The Morgan fingerprint density at radius 2 is 2.28 bits per heavy atom. The van der Waals surface area contributed by atoms with Gasteiger partial charge in [0.2, 0.25) is 0 Å². The summed E-state index contributed by atoms with van der Waals surface area (Å²) in [7, 11) is 1.96. The van der Waals surface area contributed by atoms with Crippen molar-refractivity contribution >= 4 is 0 Å². The molecule has 1 aliphatic heterocycles. The lowest BCUT2D eigenvalue weighted by molar-refractivity contribution is 0.184. The molecule has 1 aromatic heterocycles. The first-order valence-electron chi connectivity index (χ1n) is 7.08. The van der Waals surface area contributed by atoms with Crippen LogP contribution in [0.15, 0.2) is 10.5 Å². The molecule has 0 aliphatic carbocycles. The van der Waals surface area contributed by atoms with Crippen molar-refractivity contribution in [3.05, 3.63) is 23.2 Å². The molecule has 1 saturated heterocycles. The SMILES string of the molecule is CNCc1oc(CN2CCCC2C(C)C)cc1C. The van der Waals surface area contributed by atoms with E-state index in [-0.39, 0.29) is 0 Å². The summed E-state index contributed by atoms with van der Waals surface area (Å²) in [5.74, 6) is 2.93. The van der Waals surface area contributed by atoms with E-state index < -0.39 is 0 Å². The maximum absolute atomic E-state index is 5.94. The summed E-state index contributed by atoms with van der Waals surface area (Å²) in [6, 6.07) is 2.92. The molecule has 0 aromatic carbocycles. The van der Waals surface area contributed by atoms with Gasteiger partial charge in [-0.3, -0.25) is 4.90 Å². The lowest BCUT2D eigenvalue weighted by Gasteiger charge is -2.26. The molecule has 1 atom stereocenters. The van der Waals surface area contributed by atoms with Gasteiger partial charge in [0.05, 0.1) is 13.1 Å². The quantitative estimate of drug-likeness (QED) is 0.871. The van der Waals surface area contributed by atoms with Crippen molar-refractivity contribution in [3.63, 3.8) is 0 Å². The van der Waals surface area contributed by atoms with E-state index in [2.05, 4.69) is 37.1 Å². The number of likely N-dealkylation sites (tertiary alicyclic amines) is 1. The Labute approximate surface area is 111 Å². The fraction of sp³-hybridized carbons (Fsp3) is 0.733. The van der Waals surface area contributed by atoms with Crippen LogP contribution in [0.25, 0.3) is 0 Å². The van der Waals surface area contributed by atoms with Crippen molar-refractivity contribution in [2.24, 2.45) is 5.92 Å². The van der Waals surface area contributed by atoms with Crippen molar-refractivity contribution in [2.45, 2.75) is 52.7 Å². The molecule has 3 heteroatoms. The molecule has 0 bridgehead atoms. The van der Waals surface area contributed by atoms with Gasteiger partial charge in [-0.05, 0) is 50.9 Å². The van der Waals surface area contributed by atoms with Crippen molar-refractivity contribution in [3.8, 4) is 0 Å². The first kappa shape index (κ1) is 13.6. The minimum Gasteiger partial charge on any atom is -0.463 e. The highest BCUT2D eigenvalue weighted by Gasteiger charge is 2.27. The largest absolute Gasteiger partial charge is 0.463 e. The molecule has 1 aliphatic rings. The minimum atomic E-state index is 0.725. The number of nitrogens with zero attached hydrogens (tertiary/aromatic N) is 1. The van der Waals surface area contributed by atoms with Gasteiger partial charge in [-0.25, -0.2) is 0 Å². The molecule has 2 rings (SSSR count). The third-order valence-electron chi connectivity index (χ3n) is 3.95. The topological polar surface area (TPSA) is 28.4 Å². The maximum atomic E-state index is 5.94. The number of rotatable bonds is 5. The van der Waals surface area contributed by atoms with E-state index in [0.717, 1.165) is 36.6 Å². The standard InChI is InChI=1S/C15H26N2O/c1-11(2)14-6-5-7-17(14)10-13-8-12(3)15(18-13)9-16-4/h8,11,14,16H,5-7,9-10H2,1-4H3. The number of furan rings is 1. The highest BCUT2D eigenvalue weighted by atomic mass is 16.3. The molecule has 1 N–H and O–H groups in total. The molecule has 1 fully saturated rings. The third kappa shape index (κ3) is 2.96. The molecule has 0 saturated carbocycles. The second kappa shape index (κ2) is 5.89. The van der Waals surface area contributed by atoms with Crippen LogP contribution in [-0.4, -0.2) is 24.5 Å². The zero-order valence-electron chi connectivity index (χ0n) is 12.1. The van der Waals surface area contributed by atoms with Gasteiger partial charge in [0.1, 0.15) is 11.5 Å². The van der Waals surface area contributed by atoms with Gasteiger partial charge in [0.15, 0.2) is 0 Å². The van der Waals surface area contributed by atoms with E-state index in [9.17, 15) is 0 Å². The zero-order chi connectivity index (χ0) is 13.1. The zero-order valence-corrected chi connectivity index (χ0v) is 12.1. The van der Waals surface area contributed by atoms with Gasteiger partial charge in [0.25, 0.3) is 0 Å². The first-order valence-corrected chi connectivity index (χ1v) is 7.08. The molecule has 18 heavy (non-hydrogen) atoms. The Kier molecular flexibility index (Phi) is 4.46. The number of hydrogen-bond donors (Lipinski definition) is 1. The number of hydrogen-bond acceptors (Lipinski definition) is 3. The first-order chi connectivity index (χ1) is 8.61. The highest BCUT2D eigenvalue weighted by molar-refractivity contribution is 5.20. The van der Waals surface area contributed by atoms with Crippen LogP contribution in [0, 0.1) is 12.8 Å². The maximum Gasteiger partial charge on any atom is 0.120 e. The third-order valence-corrected chi connectivity index (χ3v) is 3.95. The molecule has 0 radical (unpaired) electrons. The van der Waals surface area contributed by atoms with Crippen LogP contribution in [-0.2, 0) is 13.1 Å². The molecule has 1 aromatic rings. The van der Waals surface area contributed by atoms with Crippen LogP contribution >= 0.6 is 0 Å². The van der Waals surface area contributed by atoms with Gasteiger partial charge in [-0.15, -0.1) is 0 Å². The van der Waals surface area contributed by atoms with Crippen molar-refractivity contribution in [1.82, 2.24) is 10.2 Å². The molecule has 102 valence electrons. The monoisotopic (exact) mass is 250 g/mol. The van der Waals surface area contributed by atoms with Gasteiger partial charge >= 0.3 is 0 Å². The Balaban J connectivity index is 2.02. The fourth-order valence-electron chi connectivity index (χ4n) is 3.01. The fourth-order valence-corrected chi connectivity index (χ4v) is 3.01. The Morgan fingerprint density at radius 1 is 1.50 bits per heavy atom. The average Bonchev–Trinajstić information content (AvgIpc) is 2.88. The Morgan fingerprint density at radius 3 is 2.94 bits per heavy atom. The smallest absolute Gasteiger partial charge is 0.120 e. The molecule has 0 amide bonds. The molecule has 3 nitrogen and oxygen atoms in total. The Hall–Kier alpha value is -0.800. The molecule has 2 heterocycles. The Bertz CT molecular complexity index is 384. The summed E-state index contributed by atoms with van der Waals surface area (Å²) in [4.78, 5) is 2.58. The number of nitrogens with one attached hydrogen (secondary N) is 1. The second-order valence-electron chi connectivity index (χ2n) is 5.77. The molecular weight excluding hydrogens is 224 g/mol.